The van der Waals surface area contributed by atoms with Gasteiger partial charge in [0.15, 0.2) is 0 Å². The van der Waals surface area contributed by atoms with E-state index in [9.17, 15) is 5.26 Å². The van der Waals surface area contributed by atoms with E-state index in [-0.39, 0.29) is 0 Å². The van der Waals surface area contributed by atoms with E-state index in [4.69, 9.17) is 0 Å². The summed E-state index contributed by atoms with van der Waals surface area (Å²) < 4.78 is 2.31. The first kappa shape index (κ1) is 24.6. The number of aromatic nitrogens is 2. The highest BCUT2D eigenvalue weighted by Gasteiger charge is 2.16. The van der Waals surface area contributed by atoms with E-state index in [1.54, 1.807) is 12.4 Å². The first-order valence-electron chi connectivity index (χ1n) is 13.8. The number of nitriles is 1. The lowest BCUT2D eigenvalue weighted by atomic mass is 10.0. The Morgan fingerprint density at radius 3 is 1.63 bits per heavy atom. The van der Waals surface area contributed by atoms with Crippen LogP contribution in [0.25, 0.3) is 60.9 Å². The molecular formula is C38H27N3. The maximum atomic E-state index is 10.0. The average molecular weight is 526 g/mol. The summed E-state index contributed by atoms with van der Waals surface area (Å²) in [7, 11) is 0. The first-order chi connectivity index (χ1) is 20.1. The maximum Gasteiger partial charge on any atom is 0.0992 e. The Hall–Kier alpha value is -5.46. The molecule has 41 heavy (non-hydrogen) atoms. The van der Waals surface area contributed by atoms with Crippen LogP contribution < -0.4 is 0 Å². The van der Waals surface area contributed by atoms with Gasteiger partial charge in [-0.15, -0.1) is 0 Å². The first-order valence-corrected chi connectivity index (χ1v) is 13.8. The topological polar surface area (TPSA) is 41.6 Å². The fourth-order valence-corrected chi connectivity index (χ4v) is 5.82. The van der Waals surface area contributed by atoms with Crippen molar-refractivity contribution in [2.24, 2.45) is 0 Å². The van der Waals surface area contributed by atoms with Crippen LogP contribution in [0.3, 0.4) is 0 Å². The van der Waals surface area contributed by atoms with Crippen molar-refractivity contribution in [3.05, 3.63) is 144 Å². The predicted molar refractivity (Wildman–Crippen MR) is 169 cm³/mol. The zero-order valence-corrected chi connectivity index (χ0v) is 23.0. The molecule has 7 rings (SSSR count). The molecule has 0 amide bonds. The molecule has 0 fully saturated rings. The number of rotatable bonds is 4. The van der Waals surface area contributed by atoms with Gasteiger partial charge in [-0.2, -0.15) is 5.26 Å². The number of benzene rings is 5. The van der Waals surface area contributed by atoms with Crippen LogP contribution in [0, 0.1) is 25.2 Å². The van der Waals surface area contributed by atoms with Gasteiger partial charge in [-0.25, -0.2) is 0 Å². The minimum Gasteiger partial charge on any atom is -0.309 e. The van der Waals surface area contributed by atoms with Gasteiger partial charge in [0, 0.05) is 28.9 Å². The average Bonchev–Trinajstić information content (AvgIpc) is 3.34. The second kappa shape index (κ2) is 9.93. The molecular weight excluding hydrogens is 498 g/mol. The molecule has 0 radical (unpaired) electrons. The highest BCUT2D eigenvalue weighted by molar-refractivity contribution is 6.11. The van der Waals surface area contributed by atoms with Crippen molar-refractivity contribution in [3.63, 3.8) is 0 Å². The molecule has 0 saturated heterocycles. The molecule has 7 aromatic rings. The standard InChI is InChI=1S/C38H27N3/c1-25-5-3-7-29(17-25)31-9-11-35-36-12-10-32(30-8-4-6-26(2)18-30)23-38(36)41(37(35)22-31)34-20-27(24-39)19-33(21-34)28-13-15-40-16-14-28/h3-23H,1-2H3. The largest absolute Gasteiger partial charge is 0.309 e. The van der Waals surface area contributed by atoms with Gasteiger partial charge in [-0.05, 0) is 89.7 Å². The predicted octanol–water partition coefficient (Wildman–Crippen LogP) is 9.67. The SMILES string of the molecule is Cc1cccc(-c2ccc3c4ccc(-c5cccc(C)c5)cc4n(-c4cc(C#N)cc(-c5ccncc5)c4)c3c2)c1. The molecule has 3 nitrogen and oxygen atoms in total. The van der Waals surface area contributed by atoms with Gasteiger partial charge in [-0.3, -0.25) is 4.98 Å². The number of fused-ring (bicyclic) bond motifs is 3. The van der Waals surface area contributed by atoms with Crippen molar-refractivity contribution < 1.29 is 0 Å². The molecule has 0 aliphatic heterocycles. The normalized spacial score (nSPS) is 11.1. The molecule has 0 N–H and O–H groups in total. The highest BCUT2D eigenvalue weighted by Crippen LogP contribution is 2.38. The molecule has 2 aromatic heterocycles. The number of pyridine rings is 1. The Morgan fingerprint density at radius 2 is 1.10 bits per heavy atom. The molecule has 0 bridgehead atoms. The minimum atomic E-state index is 0.619. The summed E-state index contributed by atoms with van der Waals surface area (Å²) in [6, 6.07) is 43.2. The molecule has 5 aromatic carbocycles. The summed E-state index contributed by atoms with van der Waals surface area (Å²) in [5.74, 6) is 0. The van der Waals surface area contributed by atoms with Crippen LogP contribution in [0.15, 0.2) is 128 Å². The molecule has 0 unspecified atom stereocenters. The van der Waals surface area contributed by atoms with Crippen molar-refractivity contribution in [2.45, 2.75) is 13.8 Å². The fourth-order valence-electron chi connectivity index (χ4n) is 5.82. The Labute approximate surface area is 239 Å². The quantitative estimate of drug-likeness (QED) is 0.229. The van der Waals surface area contributed by atoms with Gasteiger partial charge < -0.3 is 4.57 Å². The van der Waals surface area contributed by atoms with E-state index >= 15 is 0 Å². The molecule has 0 aliphatic carbocycles. The molecule has 0 spiro atoms. The molecule has 2 heterocycles. The van der Waals surface area contributed by atoms with E-state index in [1.165, 1.54) is 33.0 Å². The van der Waals surface area contributed by atoms with Crippen LogP contribution >= 0.6 is 0 Å². The third-order valence-corrected chi connectivity index (χ3v) is 7.79. The molecule has 0 saturated carbocycles. The van der Waals surface area contributed by atoms with Gasteiger partial charge in [0.25, 0.3) is 0 Å². The van der Waals surface area contributed by atoms with E-state index in [0.717, 1.165) is 39.0 Å². The highest BCUT2D eigenvalue weighted by atomic mass is 15.0. The Balaban J connectivity index is 1.55. The lowest BCUT2D eigenvalue weighted by molar-refractivity contribution is 1.18. The number of hydrogen-bond acceptors (Lipinski definition) is 2. The fraction of sp³-hybridized carbons (Fsp3) is 0.0526. The van der Waals surface area contributed by atoms with Crippen LogP contribution in [0.5, 0.6) is 0 Å². The lowest BCUT2D eigenvalue weighted by Gasteiger charge is -2.13. The van der Waals surface area contributed by atoms with Gasteiger partial charge in [0.2, 0.25) is 0 Å². The van der Waals surface area contributed by atoms with Crippen molar-refractivity contribution >= 4 is 21.8 Å². The summed E-state index contributed by atoms with van der Waals surface area (Å²) >= 11 is 0. The monoisotopic (exact) mass is 525 g/mol. The van der Waals surface area contributed by atoms with Crippen LogP contribution in [0.4, 0.5) is 0 Å². The summed E-state index contributed by atoms with van der Waals surface area (Å²) in [5.41, 5.74) is 13.0. The third-order valence-electron chi connectivity index (χ3n) is 7.79. The van der Waals surface area contributed by atoms with Crippen LogP contribution in [0.2, 0.25) is 0 Å². The van der Waals surface area contributed by atoms with E-state index < -0.39 is 0 Å². The van der Waals surface area contributed by atoms with Crippen LogP contribution in [-0.2, 0) is 0 Å². The number of nitrogens with zero attached hydrogens (tertiary/aromatic N) is 3. The van der Waals surface area contributed by atoms with Crippen molar-refractivity contribution in [1.82, 2.24) is 9.55 Å². The smallest absolute Gasteiger partial charge is 0.0992 e. The Morgan fingerprint density at radius 1 is 0.537 bits per heavy atom. The van der Waals surface area contributed by atoms with Crippen molar-refractivity contribution in [3.8, 4) is 45.1 Å². The zero-order chi connectivity index (χ0) is 27.9. The molecule has 3 heteroatoms. The third kappa shape index (κ3) is 4.46. The van der Waals surface area contributed by atoms with Crippen molar-refractivity contribution in [1.29, 1.82) is 5.26 Å². The van der Waals surface area contributed by atoms with Gasteiger partial charge >= 0.3 is 0 Å². The van der Waals surface area contributed by atoms with E-state index in [1.807, 2.05) is 24.3 Å². The number of hydrogen-bond donors (Lipinski definition) is 0. The van der Waals surface area contributed by atoms with E-state index in [0.29, 0.717) is 5.56 Å². The van der Waals surface area contributed by atoms with Crippen LogP contribution in [-0.4, -0.2) is 9.55 Å². The summed E-state index contributed by atoms with van der Waals surface area (Å²) in [4.78, 5) is 4.19. The van der Waals surface area contributed by atoms with Gasteiger partial charge in [-0.1, -0.05) is 83.9 Å². The Kier molecular flexibility index (Phi) is 5.95. The van der Waals surface area contributed by atoms with Gasteiger partial charge in [0.1, 0.15) is 0 Å². The lowest BCUT2D eigenvalue weighted by Crippen LogP contribution is -1.96. The summed E-state index contributed by atoms with van der Waals surface area (Å²) in [6.45, 7) is 4.25. The summed E-state index contributed by atoms with van der Waals surface area (Å²) in [6.07, 6.45) is 3.58. The second-order valence-corrected chi connectivity index (χ2v) is 10.7. The minimum absolute atomic E-state index is 0.619. The molecule has 194 valence electrons. The molecule has 0 aliphatic rings. The number of aryl methyl sites for hydroxylation is 2. The second-order valence-electron chi connectivity index (χ2n) is 10.7. The van der Waals surface area contributed by atoms with Crippen molar-refractivity contribution in [2.75, 3.05) is 0 Å². The Bertz CT molecular complexity index is 2030. The summed E-state index contributed by atoms with van der Waals surface area (Å²) in [5, 5.41) is 12.4. The molecule has 0 atom stereocenters. The maximum absolute atomic E-state index is 10.0. The van der Waals surface area contributed by atoms with Crippen LogP contribution in [0.1, 0.15) is 16.7 Å². The van der Waals surface area contributed by atoms with Gasteiger partial charge in [0.05, 0.1) is 22.7 Å². The zero-order valence-electron chi connectivity index (χ0n) is 23.0. The van der Waals surface area contributed by atoms with E-state index in [2.05, 4.69) is 120 Å².